The van der Waals surface area contributed by atoms with Gasteiger partial charge >= 0.3 is 5.97 Å². The molecule has 0 bridgehead atoms. The molecule has 0 spiro atoms. The van der Waals surface area contributed by atoms with Crippen molar-refractivity contribution in [2.75, 3.05) is 26.2 Å². The minimum atomic E-state index is -1.05. The number of aliphatic carboxylic acids is 1. The van der Waals surface area contributed by atoms with E-state index in [0.717, 1.165) is 0 Å². The topological polar surface area (TPSA) is 151 Å². The van der Waals surface area contributed by atoms with Crippen LogP contribution in [0.15, 0.2) is 9.98 Å². The predicted octanol–water partition coefficient (Wildman–Crippen LogP) is 3.53. The molecular weight excluding hydrogens is 514 g/mol. The first-order valence-electron chi connectivity index (χ1n) is 14.2. The number of carboxylic acid groups (broad SMARTS) is 1. The second-order valence-electron chi connectivity index (χ2n) is 12.8. The van der Waals surface area contributed by atoms with Gasteiger partial charge in [0.2, 0.25) is 5.91 Å². The summed E-state index contributed by atoms with van der Waals surface area (Å²) in [5.74, 6) is -3.36. The van der Waals surface area contributed by atoms with Crippen LogP contribution in [0.25, 0.3) is 0 Å². The lowest BCUT2D eigenvalue weighted by atomic mass is 9.70. The molecule has 10 heteroatoms. The van der Waals surface area contributed by atoms with E-state index < -0.39 is 17.8 Å². The second kappa shape index (κ2) is 14.0. The summed E-state index contributed by atoms with van der Waals surface area (Å²) >= 11 is 0. The highest BCUT2D eigenvalue weighted by atomic mass is 16.4. The van der Waals surface area contributed by atoms with E-state index in [9.17, 15) is 28.8 Å². The number of rotatable bonds is 13. The Balaban J connectivity index is 1.94. The Labute approximate surface area is 237 Å². The third-order valence-corrected chi connectivity index (χ3v) is 7.53. The Morgan fingerprint density at radius 3 is 1.40 bits per heavy atom. The molecule has 1 amide bonds. The molecular formula is C30H45N3O7. The zero-order valence-corrected chi connectivity index (χ0v) is 24.9. The zero-order valence-electron chi connectivity index (χ0n) is 24.9. The molecule has 2 aliphatic carbocycles. The van der Waals surface area contributed by atoms with E-state index >= 15 is 0 Å². The Kier molecular flexibility index (Phi) is 11.6. The van der Waals surface area contributed by atoms with Gasteiger partial charge in [-0.3, -0.25) is 38.8 Å². The molecule has 0 heterocycles. The summed E-state index contributed by atoms with van der Waals surface area (Å²) in [5, 5.41) is 8.98. The van der Waals surface area contributed by atoms with Crippen LogP contribution in [0.2, 0.25) is 0 Å². The van der Waals surface area contributed by atoms with Gasteiger partial charge in [-0.2, -0.15) is 0 Å². The number of carbonyl (C=O) groups is 6. The molecule has 1 N–H and O–H groups in total. The van der Waals surface area contributed by atoms with Crippen LogP contribution < -0.4 is 0 Å². The first-order chi connectivity index (χ1) is 18.5. The van der Waals surface area contributed by atoms with Gasteiger partial charge in [0.1, 0.15) is 35.0 Å². The molecule has 222 valence electrons. The molecule has 40 heavy (non-hydrogen) atoms. The van der Waals surface area contributed by atoms with Crippen molar-refractivity contribution in [1.82, 2.24) is 4.90 Å². The molecule has 0 saturated heterocycles. The average molecular weight is 560 g/mol. The van der Waals surface area contributed by atoms with E-state index in [1.54, 1.807) is 18.7 Å². The summed E-state index contributed by atoms with van der Waals surface area (Å²) in [5.41, 5.74) is 0.328. The summed E-state index contributed by atoms with van der Waals surface area (Å²) in [6.45, 7) is 12.3. The molecule has 0 unspecified atom stereocenters. The highest BCUT2D eigenvalue weighted by molar-refractivity contribution is 6.22. The largest absolute Gasteiger partial charge is 0.481 e. The lowest BCUT2D eigenvalue weighted by Gasteiger charge is -2.32. The van der Waals surface area contributed by atoms with Crippen LogP contribution in [0.4, 0.5) is 0 Å². The van der Waals surface area contributed by atoms with Crippen LogP contribution in [-0.2, 0) is 28.8 Å². The number of carbonyl (C=O) groups excluding carboxylic acids is 5. The number of carboxylic acids is 1. The highest BCUT2D eigenvalue weighted by Crippen LogP contribution is 2.35. The highest BCUT2D eigenvalue weighted by Gasteiger charge is 2.41. The van der Waals surface area contributed by atoms with E-state index in [1.807, 2.05) is 27.7 Å². The quantitative estimate of drug-likeness (QED) is 0.206. The van der Waals surface area contributed by atoms with Crippen molar-refractivity contribution in [2.24, 2.45) is 32.7 Å². The molecule has 0 aromatic carbocycles. The molecule has 0 atom stereocenters. The van der Waals surface area contributed by atoms with Gasteiger partial charge in [-0.15, -0.1) is 0 Å². The third-order valence-electron chi connectivity index (χ3n) is 7.53. The smallest absolute Gasteiger partial charge is 0.303 e. The number of ketones is 4. The summed E-state index contributed by atoms with van der Waals surface area (Å²) in [6, 6.07) is 0. The van der Waals surface area contributed by atoms with Gasteiger partial charge in [0.05, 0.1) is 6.42 Å². The van der Waals surface area contributed by atoms with Crippen LogP contribution in [-0.4, -0.2) is 82.6 Å². The first-order valence-corrected chi connectivity index (χ1v) is 14.2. The average Bonchev–Trinajstić information content (AvgIpc) is 2.78. The molecule has 0 radical (unpaired) electrons. The fraction of sp³-hybridized carbons (Fsp3) is 0.733. The number of hydrogen-bond donors (Lipinski definition) is 1. The molecule has 2 rings (SSSR count). The Morgan fingerprint density at radius 1 is 0.725 bits per heavy atom. The molecule has 2 fully saturated rings. The van der Waals surface area contributed by atoms with Crippen LogP contribution in [0, 0.1) is 22.7 Å². The van der Waals surface area contributed by atoms with Gasteiger partial charge in [-0.25, -0.2) is 0 Å². The molecule has 0 aromatic rings. The van der Waals surface area contributed by atoms with Crippen molar-refractivity contribution >= 4 is 46.4 Å². The van der Waals surface area contributed by atoms with Gasteiger partial charge < -0.3 is 10.0 Å². The molecule has 0 aromatic heterocycles. The Bertz CT molecular complexity index is 977. The van der Waals surface area contributed by atoms with E-state index in [0.29, 0.717) is 76.1 Å². The van der Waals surface area contributed by atoms with Crippen LogP contribution in [0.3, 0.4) is 0 Å². The molecule has 0 aliphatic heterocycles. The zero-order chi connectivity index (χ0) is 30.3. The van der Waals surface area contributed by atoms with Crippen LogP contribution >= 0.6 is 0 Å². The maximum atomic E-state index is 12.7. The van der Waals surface area contributed by atoms with Crippen molar-refractivity contribution in [2.45, 2.75) is 92.9 Å². The molecule has 2 saturated carbocycles. The van der Waals surface area contributed by atoms with Gasteiger partial charge in [0.25, 0.3) is 0 Å². The van der Waals surface area contributed by atoms with Crippen LogP contribution in [0.1, 0.15) is 92.9 Å². The fourth-order valence-electron chi connectivity index (χ4n) is 5.66. The van der Waals surface area contributed by atoms with Crippen molar-refractivity contribution in [1.29, 1.82) is 0 Å². The predicted molar refractivity (Wildman–Crippen MR) is 152 cm³/mol. The number of aliphatic imine (C=N–C) groups is 2. The van der Waals surface area contributed by atoms with Crippen molar-refractivity contribution in [3.8, 4) is 0 Å². The number of nitrogens with zero attached hydrogens (tertiary/aromatic N) is 3. The number of Topliss-reactive ketones (excluding diaryl/α,β-unsaturated/α-hetero) is 4. The Morgan fingerprint density at radius 2 is 1.07 bits per heavy atom. The van der Waals surface area contributed by atoms with E-state index in [4.69, 9.17) is 5.11 Å². The second-order valence-corrected chi connectivity index (χ2v) is 12.8. The standard InChI is InChI=1S/C30H45N3O7/c1-19(27-21(34)15-29(3,4)16-22(27)35)31-11-7-13-33(25(38)9-10-26(39)40)14-8-12-32-20(2)28-23(36)17-30(5,6)18-24(28)37/h27-28H,7-18H2,1-6H3,(H,39,40). The monoisotopic (exact) mass is 559 g/mol. The third kappa shape index (κ3) is 9.86. The minimum absolute atomic E-state index is 0.107. The van der Waals surface area contributed by atoms with Gasteiger partial charge in [-0.05, 0) is 37.5 Å². The summed E-state index contributed by atoms with van der Waals surface area (Å²) in [4.78, 5) is 84.3. The van der Waals surface area contributed by atoms with Gasteiger partial charge in [0.15, 0.2) is 0 Å². The Hall–Kier alpha value is -3.04. The lowest BCUT2D eigenvalue weighted by Crippen LogP contribution is -2.41. The van der Waals surface area contributed by atoms with Crippen molar-refractivity contribution in [3.63, 3.8) is 0 Å². The van der Waals surface area contributed by atoms with Gasteiger partial charge in [-0.1, -0.05) is 27.7 Å². The van der Waals surface area contributed by atoms with E-state index in [2.05, 4.69) is 9.98 Å². The van der Waals surface area contributed by atoms with Crippen molar-refractivity contribution in [3.05, 3.63) is 0 Å². The maximum Gasteiger partial charge on any atom is 0.303 e. The maximum absolute atomic E-state index is 12.7. The summed E-state index contributed by atoms with van der Waals surface area (Å²) in [7, 11) is 0. The molecule has 10 nitrogen and oxygen atoms in total. The number of hydrogen-bond acceptors (Lipinski definition) is 8. The minimum Gasteiger partial charge on any atom is -0.481 e. The summed E-state index contributed by atoms with van der Waals surface area (Å²) < 4.78 is 0. The van der Waals surface area contributed by atoms with E-state index in [-0.39, 0.29) is 52.7 Å². The van der Waals surface area contributed by atoms with Crippen LogP contribution in [0.5, 0.6) is 0 Å². The van der Waals surface area contributed by atoms with E-state index in [1.165, 1.54) is 0 Å². The fourth-order valence-corrected chi connectivity index (χ4v) is 5.66. The lowest BCUT2D eigenvalue weighted by molar-refractivity contribution is -0.141. The molecule has 2 aliphatic rings. The number of amides is 1. The van der Waals surface area contributed by atoms with Crippen molar-refractivity contribution < 1.29 is 33.9 Å². The summed E-state index contributed by atoms with van der Waals surface area (Å²) in [6.07, 6.45) is 1.93. The SMILES string of the molecule is CC(=NCCCN(CCCN=C(C)C1C(=O)CC(C)(C)CC1=O)C(=O)CCC(=O)O)C1C(=O)CC(C)(C)CC1=O. The normalized spacial score (nSPS) is 20.6. The first kappa shape index (κ1) is 33.2. The van der Waals surface area contributed by atoms with Gasteiger partial charge in [0, 0.05) is 69.7 Å².